The zero-order valence-corrected chi connectivity index (χ0v) is 13.3. The van der Waals surface area contributed by atoms with Gasteiger partial charge in [-0.15, -0.1) is 0 Å². The van der Waals surface area contributed by atoms with Crippen LogP contribution < -0.4 is 0 Å². The van der Waals surface area contributed by atoms with Crippen LogP contribution in [-0.4, -0.2) is 16.4 Å². The van der Waals surface area contributed by atoms with Crippen molar-refractivity contribution < 1.29 is 9.36 Å². The fourth-order valence-corrected chi connectivity index (χ4v) is 2.02. The molecule has 2 aromatic carbocycles. The van der Waals surface area contributed by atoms with Crippen LogP contribution in [0.25, 0.3) is 11.4 Å². The van der Waals surface area contributed by atoms with Gasteiger partial charge in [-0.25, -0.2) is 0 Å². The first kappa shape index (κ1) is 15.5. The molecule has 0 unspecified atom stereocenters. The molecule has 0 radical (unpaired) electrons. The van der Waals surface area contributed by atoms with Crippen molar-refractivity contribution in [3.8, 4) is 11.4 Å². The lowest BCUT2D eigenvalue weighted by Gasteiger charge is -1.95. The van der Waals surface area contributed by atoms with Crippen LogP contribution in [0.2, 0.25) is 10.0 Å². The van der Waals surface area contributed by atoms with Crippen molar-refractivity contribution >= 4 is 29.4 Å². The molecule has 1 heterocycles. The molecule has 0 amide bonds. The van der Waals surface area contributed by atoms with Gasteiger partial charge in [0.25, 0.3) is 5.89 Å². The number of oxime groups is 1. The molecule has 0 atom stereocenters. The number of rotatable bonds is 5. The molecule has 0 aliphatic carbocycles. The molecule has 3 rings (SSSR count). The Morgan fingerprint density at radius 3 is 2.35 bits per heavy atom. The fourth-order valence-electron chi connectivity index (χ4n) is 1.77. The molecule has 116 valence electrons. The Morgan fingerprint density at radius 1 is 1.00 bits per heavy atom. The van der Waals surface area contributed by atoms with Gasteiger partial charge >= 0.3 is 0 Å². The van der Waals surface area contributed by atoms with E-state index in [1.165, 1.54) is 0 Å². The fraction of sp³-hybridized carbons (Fsp3) is 0.0625. The van der Waals surface area contributed by atoms with Crippen molar-refractivity contribution in [3.05, 3.63) is 70.0 Å². The maximum absolute atomic E-state index is 5.84. The second-order valence-electron chi connectivity index (χ2n) is 4.58. The third-order valence-electron chi connectivity index (χ3n) is 2.90. The van der Waals surface area contributed by atoms with Gasteiger partial charge in [0.2, 0.25) is 5.82 Å². The van der Waals surface area contributed by atoms with Gasteiger partial charge in [0.05, 0.1) is 6.21 Å². The van der Waals surface area contributed by atoms with Crippen molar-refractivity contribution in [3.63, 3.8) is 0 Å². The van der Waals surface area contributed by atoms with E-state index in [1.807, 2.05) is 24.3 Å². The second-order valence-corrected chi connectivity index (χ2v) is 5.45. The Kier molecular flexibility index (Phi) is 4.90. The average Bonchev–Trinajstić information content (AvgIpc) is 3.03. The number of nitrogens with zero attached hydrogens (tertiary/aromatic N) is 3. The van der Waals surface area contributed by atoms with Crippen molar-refractivity contribution in [1.29, 1.82) is 0 Å². The summed E-state index contributed by atoms with van der Waals surface area (Å²) in [7, 11) is 0. The molecule has 5 nitrogen and oxygen atoms in total. The van der Waals surface area contributed by atoms with Gasteiger partial charge in [0, 0.05) is 15.6 Å². The summed E-state index contributed by atoms with van der Waals surface area (Å²) in [4.78, 5) is 9.37. The highest BCUT2D eigenvalue weighted by Gasteiger charge is 2.08. The lowest BCUT2D eigenvalue weighted by molar-refractivity contribution is 0.107. The molecule has 0 saturated carbocycles. The summed E-state index contributed by atoms with van der Waals surface area (Å²) >= 11 is 11.6. The molecule has 3 aromatic rings. The van der Waals surface area contributed by atoms with Gasteiger partial charge in [-0.2, -0.15) is 4.98 Å². The molecular formula is C16H11Cl2N3O2. The summed E-state index contributed by atoms with van der Waals surface area (Å²) in [5, 5.41) is 9.05. The largest absolute Gasteiger partial charge is 0.386 e. The Hall–Kier alpha value is -2.37. The molecule has 0 fully saturated rings. The maximum atomic E-state index is 5.84. The van der Waals surface area contributed by atoms with Crippen LogP contribution >= 0.6 is 23.2 Å². The first-order valence-corrected chi connectivity index (χ1v) is 7.46. The van der Waals surface area contributed by atoms with Crippen molar-refractivity contribution in [2.24, 2.45) is 5.16 Å². The van der Waals surface area contributed by atoms with E-state index in [0.717, 1.165) is 11.1 Å². The molecule has 7 heteroatoms. The van der Waals surface area contributed by atoms with Crippen LogP contribution in [0.15, 0.2) is 58.2 Å². The zero-order valence-electron chi connectivity index (χ0n) is 11.8. The van der Waals surface area contributed by atoms with E-state index in [0.29, 0.717) is 21.8 Å². The summed E-state index contributed by atoms with van der Waals surface area (Å²) in [6.45, 7) is 0.0880. The Labute approximate surface area is 142 Å². The topological polar surface area (TPSA) is 60.5 Å². The van der Waals surface area contributed by atoms with Gasteiger partial charge in [0.1, 0.15) is 0 Å². The number of aromatic nitrogens is 2. The normalized spacial score (nSPS) is 11.0. The van der Waals surface area contributed by atoms with E-state index >= 15 is 0 Å². The number of hydrogen-bond acceptors (Lipinski definition) is 5. The molecule has 0 saturated heterocycles. The third kappa shape index (κ3) is 4.31. The predicted octanol–water partition coefficient (Wildman–Crippen LogP) is 4.59. The van der Waals surface area contributed by atoms with Gasteiger partial charge in [-0.05, 0) is 42.0 Å². The van der Waals surface area contributed by atoms with Gasteiger partial charge < -0.3 is 9.36 Å². The Bertz CT molecular complexity index is 799. The standard InChI is InChI=1S/C16H11Cl2N3O2/c17-13-5-1-11(2-6-13)9-19-22-10-15-20-16(21-23-15)12-3-7-14(18)8-4-12/h1-9H,10H2/b19-9-. The summed E-state index contributed by atoms with van der Waals surface area (Å²) in [6.07, 6.45) is 1.58. The minimum absolute atomic E-state index is 0.0880. The lowest BCUT2D eigenvalue weighted by atomic mass is 10.2. The van der Waals surface area contributed by atoms with E-state index in [4.69, 9.17) is 32.6 Å². The van der Waals surface area contributed by atoms with Gasteiger partial charge in [-0.3, -0.25) is 0 Å². The van der Waals surface area contributed by atoms with E-state index in [2.05, 4.69) is 15.3 Å². The van der Waals surface area contributed by atoms with Crippen LogP contribution in [-0.2, 0) is 11.4 Å². The lowest BCUT2D eigenvalue weighted by Crippen LogP contribution is -1.89. The van der Waals surface area contributed by atoms with Crippen molar-refractivity contribution in [2.45, 2.75) is 6.61 Å². The monoisotopic (exact) mass is 347 g/mol. The maximum Gasteiger partial charge on any atom is 0.267 e. The highest BCUT2D eigenvalue weighted by molar-refractivity contribution is 6.30. The van der Waals surface area contributed by atoms with Crippen LogP contribution in [0.5, 0.6) is 0 Å². The summed E-state index contributed by atoms with van der Waals surface area (Å²) in [5.74, 6) is 0.810. The van der Waals surface area contributed by atoms with Gasteiger partial charge in [-0.1, -0.05) is 45.6 Å². The highest BCUT2D eigenvalue weighted by Crippen LogP contribution is 2.18. The summed E-state index contributed by atoms with van der Waals surface area (Å²) < 4.78 is 5.11. The average molecular weight is 348 g/mol. The first-order chi connectivity index (χ1) is 11.2. The Balaban J connectivity index is 1.57. The third-order valence-corrected chi connectivity index (χ3v) is 3.41. The molecule has 1 aromatic heterocycles. The van der Waals surface area contributed by atoms with E-state index in [-0.39, 0.29) is 6.61 Å². The smallest absolute Gasteiger partial charge is 0.267 e. The highest BCUT2D eigenvalue weighted by atomic mass is 35.5. The molecule has 23 heavy (non-hydrogen) atoms. The molecule has 0 spiro atoms. The molecule has 0 N–H and O–H groups in total. The van der Waals surface area contributed by atoms with E-state index in [9.17, 15) is 0 Å². The predicted molar refractivity (Wildman–Crippen MR) is 88.6 cm³/mol. The van der Waals surface area contributed by atoms with Gasteiger partial charge in [0.15, 0.2) is 6.61 Å². The number of hydrogen-bond donors (Lipinski definition) is 0. The van der Waals surface area contributed by atoms with E-state index in [1.54, 1.807) is 30.5 Å². The number of benzene rings is 2. The summed E-state index contributed by atoms with van der Waals surface area (Å²) in [5.41, 5.74) is 1.69. The van der Waals surface area contributed by atoms with Crippen molar-refractivity contribution in [2.75, 3.05) is 0 Å². The molecule has 0 aliphatic heterocycles. The van der Waals surface area contributed by atoms with Crippen LogP contribution in [0.1, 0.15) is 11.5 Å². The minimum atomic E-state index is 0.0880. The van der Waals surface area contributed by atoms with Crippen LogP contribution in [0.4, 0.5) is 0 Å². The molecule has 0 bridgehead atoms. The van der Waals surface area contributed by atoms with Crippen LogP contribution in [0, 0.1) is 0 Å². The minimum Gasteiger partial charge on any atom is -0.386 e. The van der Waals surface area contributed by atoms with Crippen molar-refractivity contribution in [1.82, 2.24) is 10.1 Å². The summed E-state index contributed by atoms with van der Waals surface area (Å²) in [6, 6.07) is 14.4. The second kappa shape index (κ2) is 7.26. The van der Waals surface area contributed by atoms with E-state index < -0.39 is 0 Å². The van der Waals surface area contributed by atoms with Crippen LogP contribution in [0.3, 0.4) is 0 Å². The quantitative estimate of drug-likeness (QED) is 0.500. The Morgan fingerprint density at radius 2 is 1.65 bits per heavy atom. The SMILES string of the molecule is Clc1ccc(/C=N\OCc2nc(-c3ccc(Cl)cc3)no2)cc1. The first-order valence-electron chi connectivity index (χ1n) is 6.70. The molecular weight excluding hydrogens is 337 g/mol. The number of halogens is 2. The zero-order chi connectivity index (χ0) is 16.1. The molecule has 0 aliphatic rings.